The van der Waals surface area contributed by atoms with E-state index in [4.69, 9.17) is 0 Å². The zero-order valence-corrected chi connectivity index (χ0v) is 16.3. The van der Waals surface area contributed by atoms with E-state index in [-0.39, 0.29) is 0 Å². The van der Waals surface area contributed by atoms with E-state index in [1.54, 1.807) is 0 Å². The maximum atomic E-state index is 4.02. The summed E-state index contributed by atoms with van der Waals surface area (Å²) >= 11 is 0. The molecule has 6 heteroatoms. The van der Waals surface area contributed by atoms with Gasteiger partial charge in [-0.05, 0) is 12.1 Å². The average molecular weight is 292 g/mol. The highest BCUT2D eigenvalue weighted by atomic mass is 28.4. The molecule has 0 radical (unpaired) electrons. The molecule has 0 fully saturated rings. The van der Waals surface area contributed by atoms with Gasteiger partial charge in [0.05, 0.1) is 0 Å². The van der Waals surface area contributed by atoms with Gasteiger partial charge in [-0.25, -0.2) is 0 Å². The van der Waals surface area contributed by atoms with E-state index in [1.807, 2.05) is 0 Å². The molecule has 0 rings (SSSR count). The summed E-state index contributed by atoms with van der Waals surface area (Å²) in [4.78, 5) is 3.79. The predicted molar refractivity (Wildman–Crippen MR) is 87.5 cm³/mol. The van der Waals surface area contributed by atoms with Crippen molar-refractivity contribution >= 4 is 25.0 Å². The third-order valence-electron chi connectivity index (χ3n) is 2.47. The Morgan fingerprint density at radius 1 is 0.824 bits per heavy atom. The van der Waals surface area contributed by atoms with Gasteiger partial charge in [0.15, 0.2) is 0 Å². The lowest BCUT2D eigenvalue weighted by atomic mass is 10.6. The van der Waals surface area contributed by atoms with E-state index in [2.05, 4.69) is 74.3 Å². The summed E-state index contributed by atoms with van der Waals surface area (Å²) in [6, 6.07) is 0. The largest absolute Gasteiger partial charge is 0.335 e. The number of rotatable bonds is 7. The minimum Gasteiger partial charge on any atom is -0.335 e. The summed E-state index contributed by atoms with van der Waals surface area (Å²) < 4.78 is 8.03. The van der Waals surface area contributed by atoms with E-state index in [9.17, 15) is 0 Å². The Bertz CT molecular complexity index is 215. The maximum absolute atomic E-state index is 4.02. The van der Waals surface area contributed by atoms with Gasteiger partial charge in [-0.2, -0.15) is 0 Å². The molecular formula is C11H33N3Si3. The average Bonchev–Trinajstić information content (AvgIpc) is 1.96. The highest BCUT2D eigenvalue weighted by Gasteiger charge is 2.43. The first kappa shape index (κ1) is 17.5. The van der Waals surface area contributed by atoms with Gasteiger partial charge in [0, 0.05) is 0 Å². The second-order valence-electron chi connectivity index (χ2n) is 7.24. The lowest BCUT2D eigenvalue weighted by Gasteiger charge is -2.45. The molecule has 0 aliphatic heterocycles. The van der Waals surface area contributed by atoms with Crippen LogP contribution in [0.5, 0.6) is 0 Å². The van der Waals surface area contributed by atoms with E-state index in [0.717, 1.165) is 6.54 Å². The van der Waals surface area contributed by atoms with Crippen LogP contribution >= 0.6 is 0 Å². The summed E-state index contributed by atoms with van der Waals surface area (Å²) in [6.07, 6.45) is 0. The summed E-state index contributed by atoms with van der Waals surface area (Å²) in [7, 11) is -4.34. The van der Waals surface area contributed by atoms with Crippen molar-refractivity contribution in [3.63, 3.8) is 0 Å². The van der Waals surface area contributed by atoms with E-state index < -0.39 is 25.0 Å². The van der Waals surface area contributed by atoms with E-state index >= 15 is 0 Å². The Kier molecular flexibility index (Phi) is 6.31. The van der Waals surface area contributed by atoms with Crippen molar-refractivity contribution in [1.29, 1.82) is 0 Å². The van der Waals surface area contributed by atoms with Crippen LogP contribution in [0, 0.1) is 0 Å². The molecule has 0 saturated carbocycles. The topological polar surface area (TPSA) is 36.1 Å². The molecule has 0 amide bonds. The fourth-order valence-electron chi connectivity index (χ4n) is 2.07. The molecule has 0 aromatic carbocycles. The highest BCUT2D eigenvalue weighted by molar-refractivity contribution is 6.96. The predicted octanol–water partition coefficient (Wildman–Crippen LogP) is 2.79. The van der Waals surface area contributed by atoms with Crippen LogP contribution in [0.25, 0.3) is 0 Å². The Morgan fingerprint density at radius 2 is 1.18 bits per heavy atom. The number of hydrogen-bond acceptors (Lipinski definition) is 3. The summed E-state index contributed by atoms with van der Waals surface area (Å²) in [5, 5.41) is 0. The van der Waals surface area contributed by atoms with Crippen molar-refractivity contribution in [2.75, 3.05) is 6.54 Å². The van der Waals surface area contributed by atoms with Crippen LogP contribution in [0.3, 0.4) is 0 Å². The highest BCUT2D eigenvalue weighted by Crippen LogP contribution is 2.17. The molecule has 0 bridgehead atoms. The molecule has 0 heterocycles. The molecule has 3 N–H and O–H groups in total. The van der Waals surface area contributed by atoms with Crippen molar-refractivity contribution in [3.05, 3.63) is 0 Å². The lowest BCUT2D eigenvalue weighted by molar-refractivity contribution is 0.815. The first-order chi connectivity index (χ1) is 7.42. The van der Waals surface area contributed by atoms with Crippen LogP contribution in [-0.2, 0) is 0 Å². The number of hydrogen-bond donors (Lipinski definition) is 3. The lowest BCUT2D eigenvalue weighted by Crippen LogP contribution is -2.82. The molecule has 0 aromatic rings. The maximum Gasteiger partial charge on any atom is 0.270 e. The first-order valence-corrected chi connectivity index (χ1v) is 15.8. The first-order valence-electron chi connectivity index (χ1n) is 6.75. The molecule has 0 unspecified atom stereocenters. The van der Waals surface area contributed by atoms with Gasteiger partial charge in [0.25, 0.3) is 8.56 Å². The van der Waals surface area contributed by atoms with Crippen molar-refractivity contribution in [3.8, 4) is 0 Å². The molecule has 0 aliphatic rings. The van der Waals surface area contributed by atoms with Crippen LogP contribution < -0.4 is 14.3 Å². The molecule has 104 valence electrons. The van der Waals surface area contributed by atoms with E-state index in [0.29, 0.717) is 5.54 Å². The van der Waals surface area contributed by atoms with Gasteiger partial charge in [-0.15, -0.1) is 0 Å². The van der Waals surface area contributed by atoms with Gasteiger partial charge < -0.3 is 14.3 Å². The smallest absolute Gasteiger partial charge is 0.270 e. The Labute approximate surface area is 112 Å². The van der Waals surface area contributed by atoms with Crippen LogP contribution in [-0.4, -0.2) is 31.6 Å². The Hall–Kier alpha value is 0.531. The molecule has 0 atom stereocenters. The second kappa shape index (κ2) is 6.12. The van der Waals surface area contributed by atoms with Gasteiger partial charge >= 0.3 is 0 Å². The SMILES string of the molecule is CCN[Si](N[Si](C)(C)C)(N[Si](C)(C)C)C(C)C. The standard InChI is InChI=1S/C11H33N3Si3/c1-10-12-17(11(2)3,13-15(4,5)6)14-16(7,8)9/h11-14H,10H2,1-9H3. The minimum absolute atomic E-state index is 0.654. The normalized spacial score (nSPS) is 14.5. The Balaban J connectivity index is 5.13. The quantitative estimate of drug-likeness (QED) is 0.631. The second-order valence-corrected chi connectivity index (χ2v) is 21.4. The summed E-state index contributed by atoms with van der Waals surface area (Å²) in [5.41, 5.74) is 0.654. The molecule has 0 spiro atoms. The van der Waals surface area contributed by atoms with Crippen LogP contribution in [0.4, 0.5) is 0 Å². The molecule has 0 aliphatic carbocycles. The van der Waals surface area contributed by atoms with Crippen molar-refractivity contribution < 1.29 is 0 Å². The molecule has 0 aromatic heterocycles. The van der Waals surface area contributed by atoms with Crippen LogP contribution in [0.2, 0.25) is 44.8 Å². The zero-order valence-electron chi connectivity index (χ0n) is 13.3. The number of nitrogens with one attached hydrogen (secondary N) is 3. The third-order valence-corrected chi connectivity index (χ3v) is 14.3. The third kappa shape index (κ3) is 6.88. The molecular weight excluding hydrogens is 258 g/mol. The Morgan fingerprint density at radius 3 is 1.35 bits per heavy atom. The summed E-state index contributed by atoms with van der Waals surface area (Å²) in [5.74, 6) is 0. The van der Waals surface area contributed by atoms with Gasteiger partial charge in [0.1, 0.15) is 16.5 Å². The van der Waals surface area contributed by atoms with Crippen molar-refractivity contribution in [1.82, 2.24) is 14.3 Å². The minimum atomic E-state index is -1.77. The zero-order chi connectivity index (χ0) is 13.9. The fourth-order valence-corrected chi connectivity index (χ4v) is 16.3. The van der Waals surface area contributed by atoms with Gasteiger partial charge in [-0.3, -0.25) is 0 Å². The van der Waals surface area contributed by atoms with E-state index in [1.165, 1.54) is 0 Å². The molecule has 0 saturated heterocycles. The van der Waals surface area contributed by atoms with Crippen molar-refractivity contribution in [2.45, 2.75) is 65.6 Å². The van der Waals surface area contributed by atoms with Crippen LogP contribution in [0.15, 0.2) is 0 Å². The fraction of sp³-hybridized carbons (Fsp3) is 1.00. The molecule has 3 nitrogen and oxygen atoms in total. The monoisotopic (exact) mass is 291 g/mol. The van der Waals surface area contributed by atoms with Crippen LogP contribution in [0.1, 0.15) is 20.8 Å². The van der Waals surface area contributed by atoms with Gasteiger partial charge in [0.2, 0.25) is 0 Å². The van der Waals surface area contributed by atoms with Crippen molar-refractivity contribution in [2.24, 2.45) is 0 Å². The molecule has 17 heavy (non-hydrogen) atoms. The van der Waals surface area contributed by atoms with Gasteiger partial charge in [-0.1, -0.05) is 60.1 Å². The summed E-state index contributed by atoms with van der Waals surface area (Å²) in [6.45, 7) is 22.3.